The Balaban J connectivity index is 1.33. The quantitative estimate of drug-likeness (QED) is 0.190. The number of aromatic nitrogens is 1. The van der Waals surface area contributed by atoms with Crippen LogP contribution in [-0.4, -0.2) is 77.5 Å². The number of carbonyl (C=O) groups is 2. The molecule has 0 spiro atoms. The van der Waals surface area contributed by atoms with Crippen LogP contribution in [0.15, 0.2) is 52.2 Å². The number of hydrogen-bond acceptors (Lipinski definition) is 10. The first kappa shape index (κ1) is 33.3. The average molecular weight is 626 g/mol. The number of nitrogens with zero attached hydrogens (tertiary/aromatic N) is 1. The lowest BCUT2D eigenvalue weighted by atomic mass is 9.84. The molecule has 0 aliphatic carbocycles. The van der Waals surface area contributed by atoms with Crippen molar-refractivity contribution in [1.82, 2.24) is 4.98 Å². The Hall–Kier alpha value is -3.05. The van der Waals surface area contributed by atoms with Crippen LogP contribution < -0.4 is 0 Å². The highest BCUT2D eigenvalue weighted by atomic mass is 16.6. The van der Waals surface area contributed by atoms with Crippen molar-refractivity contribution < 1.29 is 42.8 Å². The molecule has 3 saturated heterocycles. The molecule has 0 aromatic carbocycles. The Morgan fingerprint density at radius 1 is 1.16 bits per heavy atom. The first-order valence-corrected chi connectivity index (χ1v) is 16.0. The van der Waals surface area contributed by atoms with E-state index in [0.29, 0.717) is 25.2 Å². The summed E-state index contributed by atoms with van der Waals surface area (Å²) in [5.74, 6) is -0.316. The minimum absolute atomic E-state index is 0.0130. The summed E-state index contributed by atoms with van der Waals surface area (Å²) < 4.78 is 34.7. The van der Waals surface area contributed by atoms with Crippen LogP contribution in [0.5, 0.6) is 0 Å². The second-order valence-electron chi connectivity index (χ2n) is 13.3. The van der Waals surface area contributed by atoms with Crippen molar-refractivity contribution in [2.45, 2.75) is 116 Å². The number of hydrogen-bond donors (Lipinski definition) is 1. The number of fused-ring (bicyclic) bond motifs is 4. The van der Waals surface area contributed by atoms with E-state index in [1.807, 2.05) is 71.1 Å². The van der Waals surface area contributed by atoms with Crippen molar-refractivity contribution in [1.29, 1.82) is 0 Å². The van der Waals surface area contributed by atoms with Crippen LogP contribution in [0.25, 0.3) is 6.08 Å². The third-order valence-electron chi connectivity index (χ3n) is 9.63. The molecule has 10 nitrogen and oxygen atoms in total. The van der Waals surface area contributed by atoms with Crippen LogP contribution in [0, 0.1) is 24.7 Å². The second kappa shape index (κ2) is 13.7. The number of allylic oxidation sites excluding steroid dienone is 4. The van der Waals surface area contributed by atoms with E-state index >= 15 is 0 Å². The molecule has 3 fully saturated rings. The molecule has 2 bridgehead atoms. The van der Waals surface area contributed by atoms with Crippen LogP contribution in [0.2, 0.25) is 0 Å². The molecule has 4 aliphatic rings. The summed E-state index contributed by atoms with van der Waals surface area (Å²) in [6.45, 7) is 11.6. The number of oxazole rings is 1. The number of rotatable bonds is 7. The van der Waals surface area contributed by atoms with E-state index in [1.54, 1.807) is 20.3 Å². The smallest absolute Gasteiger partial charge is 0.338 e. The van der Waals surface area contributed by atoms with Gasteiger partial charge in [-0.15, -0.1) is 0 Å². The average Bonchev–Trinajstić information content (AvgIpc) is 3.86. The van der Waals surface area contributed by atoms with Gasteiger partial charge in [0.25, 0.3) is 0 Å². The first-order valence-electron chi connectivity index (χ1n) is 16.0. The monoisotopic (exact) mass is 625 g/mol. The van der Waals surface area contributed by atoms with Gasteiger partial charge >= 0.3 is 11.9 Å². The van der Waals surface area contributed by atoms with Crippen LogP contribution in [0.1, 0.15) is 71.9 Å². The predicted molar refractivity (Wildman–Crippen MR) is 166 cm³/mol. The molecule has 1 aromatic rings. The number of cyclic esters (lactones) is 1. The third kappa shape index (κ3) is 8.03. The lowest BCUT2D eigenvalue weighted by molar-refractivity contribution is -0.159. The Morgan fingerprint density at radius 3 is 2.62 bits per heavy atom. The molecule has 1 aromatic heterocycles. The number of aliphatic hydroxyl groups excluding tert-OH is 1. The van der Waals surface area contributed by atoms with Crippen LogP contribution in [0.4, 0.5) is 0 Å². The van der Waals surface area contributed by atoms with E-state index in [1.165, 1.54) is 0 Å². The molecule has 1 N–H and O–H groups in total. The van der Waals surface area contributed by atoms with Crippen molar-refractivity contribution in [2.24, 2.45) is 17.8 Å². The minimum Gasteiger partial charge on any atom is -0.462 e. The molecule has 45 heavy (non-hydrogen) atoms. The number of ether oxygens (including phenoxy) is 5. The second-order valence-corrected chi connectivity index (χ2v) is 13.3. The predicted octanol–water partition coefficient (Wildman–Crippen LogP) is 5.05. The standard InChI is InChI=1S/C35H47NO9/c1-19(13-25-18-41-23(5)36-25)9-8-10-21(3)32(40-7)22(4)27-17-29(37)35(6)30(45-35)12-11-20(2)26-14-24(16-31(38)42-26)15-28-33(43-28)34(39)44-27/h8-13,18,20,22,24,26-30,32-33,37H,14-17H2,1-7H3/b9-8+,12-11+,19-13+,21-10+/t20-,22-,24-,26+,27-,28-,29-,30+,32+,33+,35-/m1/s1. The Kier molecular flexibility index (Phi) is 10.2. The van der Waals surface area contributed by atoms with Gasteiger partial charge in [0, 0.05) is 38.7 Å². The normalized spacial score (nSPS) is 38.0. The number of methoxy groups -OCH3 is 1. The third-order valence-corrected chi connectivity index (χ3v) is 9.63. The molecule has 11 atom stereocenters. The Labute approximate surface area is 265 Å². The number of carbonyl (C=O) groups excluding carboxylic acids is 2. The number of epoxide rings is 2. The fraction of sp³-hybridized carbons (Fsp3) is 0.629. The summed E-state index contributed by atoms with van der Waals surface area (Å²) in [5.41, 5.74) is 1.86. The van der Waals surface area contributed by atoms with E-state index in [9.17, 15) is 14.7 Å². The molecule has 0 unspecified atom stereocenters. The van der Waals surface area contributed by atoms with E-state index < -0.39 is 36.0 Å². The van der Waals surface area contributed by atoms with Gasteiger partial charge in [-0.1, -0.05) is 44.2 Å². The van der Waals surface area contributed by atoms with E-state index in [0.717, 1.165) is 16.8 Å². The van der Waals surface area contributed by atoms with Crippen LogP contribution >= 0.6 is 0 Å². The lowest BCUT2D eigenvalue weighted by Crippen LogP contribution is -2.42. The molecule has 10 heteroatoms. The molecule has 0 saturated carbocycles. The van der Waals surface area contributed by atoms with Gasteiger partial charge in [-0.2, -0.15) is 0 Å². The minimum atomic E-state index is -0.905. The molecule has 5 heterocycles. The summed E-state index contributed by atoms with van der Waals surface area (Å²) >= 11 is 0. The maximum atomic E-state index is 13.4. The summed E-state index contributed by atoms with van der Waals surface area (Å²) in [6, 6.07) is 0. The highest BCUT2D eigenvalue weighted by molar-refractivity contribution is 5.78. The van der Waals surface area contributed by atoms with Gasteiger partial charge < -0.3 is 33.2 Å². The molecule has 0 radical (unpaired) electrons. The topological polar surface area (TPSA) is 133 Å². The SMILES string of the molecule is CO[C@@H](/C(C)=C/C=C/C(C)=C/c1coc(C)n1)[C@H](C)[C@H]1C[C@@H](O)[C@@]2(C)O[C@H]2/C=C/[C@@H](C)[C@@H]2C[C@@H](CC(=O)O2)C[C@H]2O[C@@H]2C(=O)O1. The van der Waals surface area contributed by atoms with E-state index in [-0.39, 0.29) is 48.5 Å². The van der Waals surface area contributed by atoms with Gasteiger partial charge in [-0.3, -0.25) is 4.79 Å². The zero-order valence-corrected chi connectivity index (χ0v) is 27.3. The van der Waals surface area contributed by atoms with Crippen LogP contribution in [0.3, 0.4) is 0 Å². The number of aliphatic hydroxyl groups is 1. The van der Waals surface area contributed by atoms with E-state index in [4.69, 9.17) is 28.1 Å². The highest BCUT2D eigenvalue weighted by Gasteiger charge is 2.57. The lowest BCUT2D eigenvalue weighted by Gasteiger charge is -2.33. The van der Waals surface area contributed by atoms with Crippen molar-refractivity contribution in [3.05, 3.63) is 59.4 Å². The van der Waals surface area contributed by atoms with E-state index in [2.05, 4.69) is 4.98 Å². The number of esters is 2. The molecular formula is C35H47NO9. The summed E-state index contributed by atoms with van der Waals surface area (Å²) in [5, 5.41) is 11.4. The summed E-state index contributed by atoms with van der Waals surface area (Å²) in [6.07, 6.45) is 11.7. The first-order chi connectivity index (χ1) is 21.4. The van der Waals surface area contributed by atoms with Gasteiger partial charge in [0.05, 0.1) is 18.3 Å². The molecular weight excluding hydrogens is 578 g/mol. The van der Waals surface area contributed by atoms with Crippen LogP contribution in [-0.2, 0) is 33.3 Å². The zero-order valence-electron chi connectivity index (χ0n) is 27.3. The molecule has 246 valence electrons. The fourth-order valence-electron chi connectivity index (χ4n) is 6.64. The zero-order chi connectivity index (χ0) is 32.5. The maximum absolute atomic E-state index is 13.4. The fourth-order valence-corrected chi connectivity index (χ4v) is 6.64. The van der Waals surface area contributed by atoms with Gasteiger partial charge in [-0.25, -0.2) is 9.78 Å². The Morgan fingerprint density at radius 2 is 1.91 bits per heavy atom. The molecule has 5 rings (SSSR count). The summed E-state index contributed by atoms with van der Waals surface area (Å²) in [7, 11) is 1.63. The summed E-state index contributed by atoms with van der Waals surface area (Å²) in [4.78, 5) is 30.1. The van der Waals surface area contributed by atoms with Crippen molar-refractivity contribution >= 4 is 18.0 Å². The van der Waals surface area contributed by atoms with Crippen molar-refractivity contribution in [3.63, 3.8) is 0 Å². The van der Waals surface area contributed by atoms with Gasteiger partial charge in [0.15, 0.2) is 12.0 Å². The highest BCUT2D eigenvalue weighted by Crippen LogP contribution is 2.44. The van der Waals surface area contributed by atoms with Gasteiger partial charge in [-0.05, 0) is 56.8 Å². The molecule has 4 aliphatic heterocycles. The largest absolute Gasteiger partial charge is 0.462 e. The van der Waals surface area contributed by atoms with Gasteiger partial charge in [0.2, 0.25) is 0 Å². The maximum Gasteiger partial charge on any atom is 0.338 e. The Bertz CT molecular complexity index is 1360. The molecule has 0 amide bonds. The number of aryl methyl sites for hydroxylation is 1. The van der Waals surface area contributed by atoms with Crippen molar-refractivity contribution in [3.8, 4) is 0 Å². The van der Waals surface area contributed by atoms with Crippen molar-refractivity contribution in [2.75, 3.05) is 7.11 Å². The van der Waals surface area contributed by atoms with Gasteiger partial charge in [0.1, 0.15) is 35.9 Å².